The van der Waals surface area contributed by atoms with Gasteiger partial charge in [0.15, 0.2) is 5.82 Å². The standard InChI is InChI=1S/C11H16N6O/c1-2-7-3-4-12-8(5-7)11-15-10(17-18-11)9-13-6-14-16-9/h6-8,12H,2-5H2,1H3,(H,13,14,16). The number of rotatable bonds is 3. The Morgan fingerprint density at radius 3 is 3.22 bits per heavy atom. The van der Waals surface area contributed by atoms with Gasteiger partial charge in [-0.05, 0) is 25.3 Å². The second-order valence-corrected chi connectivity index (χ2v) is 4.60. The molecule has 2 N–H and O–H groups in total. The summed E-state index contributed by atoms with van der Waals surface area (Å²) in [5.74, 6) is 2.37. The van der Waals surface area contributed by atoms with E-state index in [0.717, 1.165) is 18.9 Å². The van der Waals surface area contributed by atoms with Crippen LogP contribution in [0.1, 0.15) is 38.1 Å². The van der Waals surface area contributed by atoms with Crippen LogP contribution in [0.2, 0.25) is 0 Å². The fraction of sp³-hybridized carbons (Fsp3) is 0.636. The topological polar surface area (TPSA) is 92.5 Å². The third-order valence-corrected chi connectivity index (χ3v) is 3.46. The summed E-state index contributed by atoms with van der Waals surface area (Å²) < 4.78 is 5.31. The summed E-state index contributed by atoms with van der Waals surface area (Å²) in [5.41, 5.74) is 0. The van der Waals surface area contributed by atoms with Crippen molar-refractivity contribution in [2.75, 3.05) is 6.54 Å². The molecule has 2 aromatic heterocycles. The minimum Gasteiger partial charge on any atom is -0.337 e. The number of hydrogen-bond acceptors (Lipinski definition) is 6. The fourth-order valence-corrected chi connectivity index (χ4v) is 2.34. The quantitative estimate of drug-likeness (QED) is 0.850. The van der Waals surface area contributed by atoms with Gasteiger partial charge >= 0.3 is 0 Å². The molecule has 1 fully saturated rings. The fourth-order valence-electron chi connectivity index (χ4n) is 2.34. The van der Waals surface area contributed by atoms with Crippen LogP contribution in [0, 0.1) is 5.92 Å². The Morgan fingerprint density at radius 1 is 1.50 bits per heavy atom. The molecule has 0 aliphatic carbocycles. The zero-order valence-electron chi connectivity index (χ0n) is 10.3. The first kappa shape index (κ1) is 11.3. The lowest BCUT2D eigenvalue weighted by atomic mass is 9.90. The molecule has 1 saturated heterocycles. The zero-order chi connectivity index (χ0) is 12.4. The SMILES string of the molecule is CCC1CCNC(c2nc(-c3ncn[nH]3)no2)C1. The lowest BCUT2D eigenvalue weighted by Gasteiger charge is -2.27. The molecule has 0 amide bonds. The van der Waals surface area contributed by atoms with Gasteiger partial charge < -0.3 is 9.84 Å². The van der Waals surface area contributed by atoms with Gasteiger partial charge in [0.05, 0.1) is 6.04 Å². The van der Waals surface area contributed by atoms with Crippen LogP contribution in [0.25, 0.3) is 11.6 Å². The lowest BCUT2D eigenvalue weighted by Crippen LogP contribution is -2.31. The number of H-pyrrole nitrogens is 1. The van der Waals surface area contributed by atoms with Crippen molar-refractivity contribution in [3.05, 3.63) is 12.2 Å². The Balaban J connectivity index is 1.77. The molecule has 1 aliphatic rings. The van der Waals surface area contributed by atoms with Crippen molar-refractivity contribution >= 4 is 0 Å². The summed E-state index contributed by atoms with van der Waals surface area (Å²) >= 11 is 0. The molecule has 7 heteroatoms. The molecule has 1 aliphatic heterocycles. The van der Waals surface area contributed by atoms with Gasteiger partial charge in [0.2, 0.25) is 11.7 Å². The summed E-state index contributed by atoms with van der Waals surface area (Å²) in [4.78, 5) is 8.38. The highest BCUT2D eigenvalue weighted by molar-refractivity contribution is 5.39. The molecule has 0 aromatic carbocycles. The number of aromatic amines is 1. The molecule has 96 valence electrons. The van der Waals surface area contributed by atoms with E-state index in [1.807, 2.05) is 0 Å². The highest BCUT2D eigenvalue weighted by atomic mass is 16.5. The highest BCUT2D eigenvalue weighted by Gasteiger charge is 2.26. The van der Waals surface area contributed by atoms with E-state index in [9.17, 15) is 0 Å². The molecule has 7 nitrogen and oxygen atoms in total. The van der Waals surface area contributed by atoms with Crippen LogP contribution < -0.4 is 5.32 Å². The molecular weight excluding hydrogens is 232 g/mol. The number of nitrogens with zero attached hydrogens (tertiary/aromatic N) is 4. The normalized spacial score (nSPS) is 24.3. The molecular formula is C11H16N6O. The molecule has 2 atom stereocenters. The van der Waals surface area contributed by atoms with E-state index in [2.05, 4.69) is 37.6 Å². The molecule has 0 radical (unpaired) electrons. The number of nitrogens with one attached hydrogen (secondary N) is 2. The van der Waals surface area contributed by atoms with E-state index in [0.29, 0.717) is 17.5 Å². The van der Waals surface area contributed by atoms with Gasteiger partial charge in [0.1, 0.15) is 6.33 Å². The van der Waals surface area contributed by atoms with Crippen molar-refractivity contribution in [1.29, 1.82) is 0 Å². The van der Waals surface area contributed by atoms with Crippen LogP contribution in [0.4, 0.5) is 0 Å². The maximum atomic E-state index is 5.31. The summed E-state index contributed by atoms with van der Waals surface area (Å²) in [5, 5.41) is 13.8. The van der Waals surface area contributed by atoms with Crippen molar-refractivity contribution in [3.63, 3.8) is 0 Å². The van der Waals surface area contributed by atoms with Crippen molar-refractivity contribution in [3.8, 4) is 11.6 Å². The summed E-state index contributed by atoms with van der Waals surface area (Å²) in [6.45, 7) is 3.23. The Labute approximate surface area is 104 Å². The highest BCUT2D eigenvalue weighted by Crippen LogP contribution is 2.28. The van der Waals surface area contributed by atoms with Crippen molar-refractivity contribution in [2.24, 2.45) is 5.92 Å². The van der Waals surface area contributed by atoms with Gasteiger partial charge in [-0.1, -0.05) is 18.5 Å². The molecule has 0 saturated carbocycles. The van der Waals surface area contributed by atoms with Crippen LogP contribution in [0.5, 0.6) is 0 Å². The summed E-state index contributed by atoms with van der Waals surface area (Å²) in [6.07, 6.45) is 4.89. The molecule has 2 aromatic rings. The Hall–Kier alpha value is -1.76. The monoisotopic (exact) mass is 248 g/mol. The van der Waals surface area contributed by atoms with Crippen molar-refractivity contribution in [1.82, 2.24) is 30.6 Å². The smallest absolute Gasteiger partial charge is 0.244 e. The molecule has 18 heavy (non-hydrogen) atoms. The number of piperidine rings is 1. The van der Waals surface area contributed by atoms with Crippen molar-refractivity contribution in [2.45, 2.75) is 32.2 Å². The van der Waals surface area contributed by atoms with Crippen LogP contribution in [0.15, 0.2) is 10.9 Å². The van der Waals surface area contributed by atoms with Crippen LogP contribution in [-0.2, 0) is 0 Å². The van der Waals surface area contributed by atoms with E-state index >= 15 is 0 Å². The van der Waals surface area contributed by atoms with Gasteiger partial charge in [0, 0.05) is 0 Å². The summed E-state index contributed by atoms with van der Waals surface area (Å²) in [7, 11) is 0. The van der Waals surface area contributed by atoms with E-state index in [1.54, 1.807) is 0 Å². The second-order valence-electron chi connectivity index (χ2n) is 4.60. The largest absolute Gasteiger partial charge is 0.337 e. The Bertz CT molecular complexity index is 493. The molecule has 3 rings (SSSR count). The first-order valence-electron chi connectivity index (χ1n) is 6.29. The lowest BCUT2D eigenvalue weighted by molar-refractivity contribution is 0.246. The maximum absolute atomic E-state index is 5.31. The van der Waals surface area contributed by atoms with Crippen LogP contribution >= 0.6 is 0 Å². The van der Waals surface area contributed by atoms with Gasteiger partial charge in [0.25, 0.3) is 0 Å². The first-order chi connectivity index (χ1) is 8.86. The minimum atomic E-state index is 0.160. The van der Waals surface area contributed by atoms with Crippen molar-refractivity contribution < 1.29 is 4.52 Å². The molecule has 0 spiro atoms. The predicted octanol–water partition coefficient (Wildman–Crippen LogP) is 1.31. The van der Waals surface area contributed by atoms with E-state index in [-0.39, 0.29) is 6.04 Å². The molecule has 0 bridgehead atoms. The Kier molecular flexibility index (Phi) is 3.06. The average Bonchev–Trinajstić information content (AvgIpc) is 3.09. The maximum Gasteiger partial charge on any atom is 0.244 e. The van der Waals surface area contributed by atoms with E-state index in [1.165, 1.54) is 19.2 Å². The second kappa shape index (κ2) is 4.85. The minimum absolute atomic E-state index is 0.160. The van der Waals surface area contributed by atoms with Crippen LogP contribution in [-0.4, -0.2) is 31.9 Å². The third kappa shape index (κ3) is 2.13. The Morgan fingerprint density at radius 2 is 2.44 bits per heavy atom. The third-order valence-electron chi connectivity index (χ3n) is 3.46. The average molecular weight is 248 g/mol. The van der Waals surface area contributed by atoms with Crippen LogP contribution in [0.3, 0.4) is 0 Å². The molecule has 3 heterocycles. The van der Waals surface area contributed by atoms with E-state index < -0.39 is 0 Å². The summed E-state index contributed by atoms with van der Waals surface area (Å²) in [6, 6.07) is 0.160. The van der Waals surface area contributed by atoms with Gasteiger partial charge in [-0.15, -0.1) is 0 Å². The van der Waals surface area contributed by atoms with Gasteiger partial charge in [-0.25, -0.2) is 4.98 Å². The number of aromatic nitrogens is 5. The predicted molar refractivity (Wildman–Crippen MR) is 63.4 cm³/mol. The van der Waals surface area contributed by atoms with Gasteiger partial charge in [-0.3, -0.25) is 5.10 Å². The zero-order valence-corrected chi connectivity index (χ0v) is 10.3. The van der Waals surface area contributed by atoms with Gasteiger partial charge in [-0.2, -0.15) is 10.1 Å². The first-order valence-corrected chi connectivity index (χ1v) is 6.29. The number of hydrogen-bond donors (Lipinski definition) is 2. The molecule has 2 unspecified atom stereocenters. The van der Waals surface area contributed by atoms with E-state index in [4.69, 9.17) is 4.52 Å².